The van der Waals surface area contributed by atoms with Crippen LogP contribution in [0.15, 0.2) is 0 Å². The molecular weight excluding hydrogens is 232 g/mol. The second-order valence-electron chi connectivity index (χ2n) is 5.87. The monoisotopic (exact) mass is 258 g/mol. The van der Waals surface area contributed by atoms with E-state index in [0.29, 0.717) is 12.3 Å². The minimum atomic E-state index is -0.487. The smallest absolute Gasteiger partial charge is 0.407 e. The molecule has 1 fully saturated rings. The number of carbonyl (C=O) groups excluding carboxylic acids is 1. The Morgan fingerprint density at radius 3 is 2.78 bits per heavy atom. The van der Waals surface area contributed by atoms with Gasteiger partial charge >= 0.3 is 6.09 Å². The van der Waals surface area contributed by atoms with Gasteiger partial charge in [0.2, 0.25) is 0 Å². The molecule has 0 spiro atoms. The number of rotatable bonds is 4. The first kappa shape index (κ1) is 15.2. The lowest BCUT2D eigenvalue weighted by molar-refractivity contribution is 0.0469. The van der Waals surface area contributed by atoms with Gasteiger partial charge in [-0.25, -0.2) is 4.79 Å². The van der Waals surface area contributed by atoms with E-state index in [1.807, 2.05) is 20.8 Å². The summed E-state index contributed by atoms with van der Waals surface area (Å²) in [4.78, 5) is 11.8. The molecule has 106 valence electrons. The molecule has 3 N–H and O–H groups in total. The minimum Gasteiger partial charge on any atom is -0.444 e. The van der Waals surface area contributed by atoms with Gasteiger partial charge in [0.1, 0.15) is 5.60 Å². The van der Waals surface area contributed by atoms with E-state index >= 15 is 0 Å². The van der Waals surface area contributed by atoms with Crippen LogP contribution >= 0.6 is 0 Å². The lowest BCUT2D eigenvalue weighted by Crippen LogP contribution is -2.48. The van der Waals surface area contributed by atoms with Crippen molar-refractivity contribution in [2.75, 3.05) is 19.7 Å². The van der Waals surface area contributed by atoms with Gasteiger partial charge in [-0.15, -0.1) is 0 Å². The van der Waals surface area contributed by atoms with Crippen LogP contribution in [0, 0.1) is 5.92 Å². The number of hydrogen-bond acceptors (Lipinski definition) is 4. The van der Waals surface area contributed by atoms with E-state index in [9.17, 15) is 4.79 Å². The molecule has 1 rings (SSSR count). The van der Waals surface area contributed by atoms with Crippen molar-refractivity contribution in [1.82, 2.24) is 10.6 Å². The average molecular weight is 258 g/mol. The first-order valence-electron chi connectivity index (χ1n) is 6.73. The van der Waals surface area contributed by atoms with E-state index in [4.69, 9.17) is 9.84 Å². The van der Waals surface area contributed by atoms with Gasteiger partial charge in [0.05, 0.1) is 0 Å². The Kier molecular flexibility index (Phi) is 5.88. The number of nitrogens with one attached hydrogen (secondary N) is 2. The van der Waals surface area contributed by atoms with Crippen molar-refractivity contribution in [3.8, 4) is 0 Å². The zero-order valence-electron chi connectivity index (χ0n) is 11.7. The Morgan fingerprint density at radius 1 is 1.56 bits per heavy atom. The first-order valence-corrected chi connectivity index (χ1v) is 6.73. The van der Waals surface area contributed by atoms with Gasteiger partial charge < -0.3 is 20.5 Å². The lowest BCUT2D eigenvalue weighted by Gasteiger charge is -2.31. The molecule has 1 heterocycles. The highest BCUT2D eigenvalue weighted by molar-refractivity contribution is 5.68. The highest BCUT2D eigenvalue weighted by atomic mass is 16.6. The van der Waals surface area contributed by atoms with Gasteiger partial charge in [0, 0.05) is 12.6 Å². The number of aliphatic hydroxyl groups excluding tert-OH is 1. The molecule has 1 saturated heterocycles. The number of aliphatic hydroxyl groups is 1. The topological polar surface area (TPSA) is 70.6 Å². The molecule has 2 atom stereocenters. The Balaban J connectivity index is 2.48. The van der Waals surface area contributed by atoms with Crippen LogP contribution in [0.3, 0.4) is 0 Å². The number of carbonyl (C=O) groups is 1. The van der Waals surface area contributed by atoms with Crippen LogP contribution in [0.2, 0.25) is 0 Å². The number of alkyl carbamates (subject to hydrolysis) is 1. The number of piperidine rings is 1. The Morgan fingerprint density at radius 2 is 2.28 bits per heavy atom. The maximum atomic E-state index is 11.8. The summed E-state index contributed by atoms with van der Waals surface area (Å²) in [5.74, 6) is 0.374. The second-order valence-corrected chi connectivity index (χ2v) is 5.87. The van der Waals surface area contributed by atoms with Crippen molar-refractivity contribution in [3.63, 3.8) is 0 Å². The number of hydrogen-bond donors (Lipinski definition) is 3. The molecule has 0 aromatic carbocycles. The molecule has 1 amide bonds. The highest BCUT2D eigenvalue weighted by Crippen LogP contribution is 2.17. The average Bonchev–Trinajstić information content (AvgIpc) is 2.27. The molecule has 0 saturated carbocycles. The summed E-state index contributed by atoms with van der Waals surface area (Å²) < 4.78 is 5.25. The van der Waals surface area contributed by atoms with Crippen LogP contribution in [0.5, 0.6) is 0 Å². The summed E-state index contributed by atoms with van der Waals surface area (Å²) in [6.07, 6.45) is 2.37. The molecule has 0 radical (unpaired) electrons. The van der Waals surface area contributed by atoms with E-state index in [0.717, 1.165) is 25.9 Å². The van der Waals surface area contributed by atoms with Crippen molar-refractivity contribution in [1.29, 1.82) is 0 Å². The zero-order chi connectivity index (χ0) is 13.6. The van der Waals surface area contributed by atoms with Gasteiger partial charge in [0.25, 0.3) is 0 Å². The van der Waals surface area contributed by atoms with Gasteiger partial charge in [-0.3, -0.25) is 0 Å². The zero-order valence-corrected chi connectivity index (χ0v) is 11.7. The molecule has 5 nitrogen and oxygen atoms in total. The summed E-state index contributed by atoms with van der Waals surface area (Å²) in [5.41, 5.74) is -0.487. The van der Waals surface area contributed by atoms with E-state index in [1.54, 1.807) is 0 Å². The van der Waals surface area contributed by atoms with Crippen molar-refractivity contribution in [2.45, 2.75) is 51.7 Å². The van der Waals surface area contributed by atoms with E-state index in [-0.39, 0.29) is 12.6 Å². The quantitative estimate of drug-likeness (QED) is 0.710. The predicted octanol–water partition coefficient (Wildman–Crippen LogP) is 1.26. The third-order valence-corrected chi connectivity index (χ3v) is 3.05. The third-order valence-electron chi connectivity index (χ3n) is 3.05. The van der Waals surface area contributed by atoms with E-state index in [1.165, 1.54) is 0 Å². The molecule has 0 bridgehead atoms. The maximum Gasteiger partial charge on any atom is 0.407 e. The first-order chi connectivity index (χ1) is 8.42. The molecule has 18 heavy (non-hydrogen) atoms. The summed E-state index contributed by atoms with van der Waals surface area (Å²) in [6.45, 7) is 7.54. The second kappa shape index (κ2) is 6.95. The largest absolute Gasteiger partial charge is 0.444 e. The van der Waals surface area contributed by atoms with Crippen LogP contribution in [-0.2, 0) is 4.74 Å². The molecule has 5 heteroatoms. The Bertz CT molecular complexity index is 257. The maximum absolute atomic E-state index is 11.8. The fraction of sp³-hybridized carbons (Fsp3) is 0.923. The minimum absolute atomic E-state index is 0.0161. The highest BCUT2D eigenvalue weighted by Gasteiger charge is 2.26. The Hall–Kier alpha value is -0.810. The molecule has 2 unspecified atom stereocenters. The molecular formula is C13H26N2O3. The lowest BCUT2D eigenvalue weighted by atomic mass is 9.90. The molecule has 0 aliphatic carbocycles. The summed E-state index contributed by atoms with van der Waals surface area (Å²) in [6, 6.07) is -0.0161. The van der Waals surface area contributed by atoms with E-state index in [2.05, 4.69) is 10.6 Å². The van der Waals surface area contributed by atoms with Gasteiger partial charge in [-0.05, 0) is 59.0 Å². The molecule has 0 aromatic rings. The van der Waals surface area contributed by atoms with E-state index < -0.39 is 11.7 Å². The van der Waals surface area contributed by atoms with Crippen molar-refractivity contribution >= 4 is 6.09 Å². The number of ether oxygens (including phenoxy) is 1. The third kappa shape index (κ3) is 5.69. The Labute approximate surface area is 109 Å². The van der Waals surface area contributed by atoms with Crippen molar-refractivity contribution in [2.24, 2.45) is 5.92 Å². The van der Waals surface area contributed by atoms with Crippen LogP contribution in [-0.4, -0.2) is 42.5 Å². The van der Waals surface area contributed by atoms with Crippen LogP contribution in [0.25, 0.3) is 0 Å². The molecule has 1 aliphatic heterocycles. The fourth-order valence-electron chi connectivity index (χ4n) is 2.25. The number of amides is 1. The van der Waals surface area contributed by atoms with Gasteiger partial charge in [0.15, 0.2) is 0 Å². The summed E-state index contributed by atoms with van der Waals surface area (Å²) in [5, 5.41) is 15.3. The molecule has 1 aliphatic rings. The van der Waals surface area contributed by atoms with Crippen molar-refractivity contribution in [3.05, 3.63) is 0 Å². The summed E-state index contributed by atoms with van der Waals surface area (Å²) in [7, 11) is 0. The predicted molar refractivity (Wildman–Crippen MR) is 70.5 cm³/mol. The van der Waals surface area contributed by atoms with Crippen molar-refractivity contribution < 1.29 is 14.6 Å². The van der Waals surface area contributed by atoms with Gasteiger partial charge in [-0.2, -0.15) is 0 Å². The van der Waals surface area contributed by atoms with Crippen LogP contribution in [0.1, 0.15) is 40.0 Å². The fourth-order valence-corrected chi connectivity index (χ4v) is 2.25. The molecule has 0 aromatic heterocycles. The van der Waals surface area contributed by atoms with Gasteiger partial charge in [-0.1, -0.05) is 0 Å². The summed E-state index contributed by atoms with van der Waals surface area (Å²) >= 11 is 0. The SMILES string of the molecule is CC(C)(C)OC(=O)NC(CCO)C1CCCNC1. The van der Waals surface area contributed by atoms with Crippen LogP contribution < -0.4 is 10.6 Å². The standard InChI is InChI=1S/C13H26N2O3/c1-13(2,3)18-12(17)15-11(6-8-16)10-5-4-7-14-9-10/h10-11,14,16H,4-9H2,1-3H3,(H,15,17). The normalized spacial score (nSPS) is 22.3. The van der Waals surface area contributed by atoms with Crippen LogP contribution in [0.4, 0.5) is 4.79 Å².